The van der Waals surface area contributed by atoms with Gasteiger partial charge in [-0.05, 0) is 26.7 Å². The van der Waals surface area contributed by atoms with E-state index in [0.29, 0.717) is 29.4 Å². The Morgan fingerprint density at radius 2 is 1.86 bits per heavy atom. The Hall–Kier alpha value is -0.920. The van der Waals surface area contributed by atoms with Crippen molar-refractivity contribution in [2.75, 3.05) is 6.54 Å². The third kappa shape index (κ3) is 3.84. The number of nitrogens with two attached hydrogens (primary N) is 1. The molecule has 0 unspecified atom stereocenters. The highest BCUT2D eigenvalue weighted by Crippen LogP contribution is 2.23. The number of hydrogen-bond acceptors (Lipinski definition) is 4. The van der Waals surface area contributed by atoms with Crippen molar-refractivity contribution in [3.63, 3.8) is 0 Å². The molecular weight excluding hydrogens is 288 g/mol. The minimum Gasteiger partial charge on any atom is -0.329 e. The molecule has 0 aromatic carbocycles. The summed E-state index contributed by atoms with van der Waals surface area (Å²) >= 11 is 0. The lowest BCUT2D eigenvalue weighted by atomic mass is 10.1. The fraction of sp³-hybridized carbons (Fsp3) is 0.786. The van der Waals surface area contributed by atoms with E-state index in [0.717, 1.165) is 25.7 Å². The van der Waals surface area contributed by atoms with Gasteiger partial charge < -0.3 is 5.73 Å². The molecule has 2 rings (SSSR count). The lowest BCUT2D eigenvalue weighted by Gasteiger charge is -2.16. The highest BCUT2D eigenvalue weighted by molar-refractivity contribution is 7.89. The van der Waals surface area contributed by atoms with Crippen LogP contribution in [0.2, 0.25) is 0 Å². The van der Waals surface area contributed by atoms with Gasteiger partial charge in [0, 0.05) is 12.6 Å². The van der Waals surface area contributed by atoms with Crippen LogP contribution in [0, 0.1) is 13.8 Å². The lowest BCUT2D eigenvalue weighted by Crippen LogP contribution is -2.35. The second-order valence-electron chi connectivity index (χ2n) is 5.82. The van der Waals surface area contributed by atoms with Crippen LogP contribution in [0.15, 0.2) is 4.90 Å². The number of hydrogen-bond donors (Lipinski definition) is 2. The molecule has 1 aromatic rings. The summed E-state index contributed by atoms with van der Waals surface area (Å²) in [6.07, 6.45) is 6.44. The van der Waals surface area contributed by atoms with Crippen LogP contribution in [-0.2, 0) is 16.6 Å². The van der Waals surface area contributed by atoms with E-state index in [9.17, 15) is 8.42 Å². The van der Waals surface area contributed by atoms with Gasteiger partial charge >= 0.3 is 0 Å². The first-order chi connectivity index (χ1) is 9.95. The molecule has 21 heavy (non-hydrogen) atoms. The van der Waals surface area contributed by atoms with Crippen molar-refractivity contribution in [1.82, 2.24) is 14.5 Å². The maximum absolute atomic E-state index is 12.7. The maximum atomic E-state index is 12.7. The zero-order valence-corrected chi connectivity index (χ0v) is 13.7. The van der Waals surface area contributed by atoms with Gasteiger partial charge in [0.1, 0.15) is 4.90 Å². The van der Waals surface area contributed by atoms with Gasteiger partial charge in [-0.3, -0.25) is 4.68 Å². The van der Waals surface area contributed by atoms with E-state index in [4.69, 9.17) is 5.73 Å². The number of sulfonamides is 1. The molecule has 120 valence electrons. The van der Waals surface area contributed by atoms with Crippen molar-refractivity contribution in [3.8, 4) is 0 Å². The predicted octanol–water partition coefficient (Wildman–Crippen LogP) is 1.46. The minimum absolute atomic E-state index is 0.0501. The first-order valence-corrected chi connectivity index (χ1v) is 9.20. The molecule has 0 spiro atoms. The van der Waals surface area contributed by atoms with Gasteiger partial charge in [-0.1, -0.05) is 25.7 Å². The fourth-order valence-electron chi connectivity index (χ4n) is 3.08. The molecule has 6 nitrogen and oxygen atoms in total. The van der Waals surface area contributed by atoms with Crippen LogP contribution in [0.25, 0.3) is 0 Å². The molecule has 1 saturated carbocycles. The largest absolute Gasteiger partial charge is 0.329 e. The van der Waals surface area contributed by atoms with Crippen LogP contribution < -0.4 is 10.5 Å². The Morgan fingerprint density at radius 1 is 1.24 bits per heavy atom. The summed E-state index contributed by atoms with van der Waals surface area (Å²) in [7, 11) is -3.51. The molecule has 0 amide bonds. The molecule has 1 fully saturated rings. The molecule has 1 heterocycles. The van der Waals surface area contributed by atoms with Crippen LogP contribution in [0.5, 0.6) is 0 Å². The molecule has 3 N–H and O–H groups in total. The monoisotopic (exact) mass is 314 g/mol. The molecule has 1 aromatic heterocycles. The van der Waals surface area contributed by atoms with E-state index >= 15 is 0 Å². The molecule has 1 aliphatic carbocycles. The maximum Gasteiger partial charge on any atom is 0.244 e. The van der Waals surface area contributed by atoms with E-state index in [1.807, 2.05) is 0 Å². The molecule has 0 atom stereocenters. The topological polar surface area (TPSA) is 90.0 Å². The van der Waals surface area contributed by atoms with E-state index in [1.165, 1.54) is 12.8 Å². The Bertz CT molecular complexity index is 572. The number of nitrogens with zero attached hydrogens (tertiary/aromatic N) is 2. The quantitative estimate of drug-likeness (QED) is 0.805. The van der Waals surface area contributed by atoms with Gasteiger partial charge in [0.25, 0.3) is 0 Å². The van der Waals surface area contributed by atoms with Crippen molar-refractivity contribution >= 4 is 10.0 Å². The van der Waals surface area contributed by atoms with E-state index in [2.05, 4.69) is 9.82 Å². The average Bonchev–Trinajstić information content (AvgIpc) is 2.58. The molecule has 1 aliphatic rings. The van der Waals surface area contributed by atoms with Crippen molar-refractivity contribution in [2.24, 2.45) is 5.73 Å². The summed E-state index contributed by atoms with van der Waals surface area (Å²) in [5.41, 5.74) is 6.75. The Labute approximate surface area is 127 Å². The number of aromatic nitrogens is 2. The molecule has 7 heteroatoms. The second kappa shape index (κ2) is 6.89. The number of aryl methyl sites for hydroxylation is 1. The Balaban J connectivity index is 2.22. The van der Waals surface area contributed by atoms with Crippen molar-refractivity contribution in [1.29, 1.82) is 0 Å². The molecule has 0 bridgehead atoms. The highest BCUT2D eigenvalue weighted by Gasteiger charge is 2.27. The third-order valence-corrected chi connectivity index (χ3v) is 5.87. The number of nitrogens with one attached hydrogen (secondary N) is 1. The summed E-state index contributed by atoms with van der Waals surface area (Å²) in [5.74, 6) is 0. The lowest BCUT2D eigenvalue weighted by molar-refractivity contribution is 0.509. The van der Waals surface area contributed by atoms with Crippen LogP contribution in [-0.4, -0.2) is 30.8 Å². The van der Waals surface area contributed by atoms with Gasteiger partial charge in [-0.25, -0.2) is 13.1 Å². The van der Waals surface area contributed by atoms with Gasteiger partial charge in [-0.2, -0.15) is 5.10 Å². The van der Waals surface area contributed by atoms with E-state index in [1.54, 1.807) is 18.5 Å². The predicted molar refractivity (Wildman–Crippen MR) is 82.6 cm³/mol. The van der Waals surface area contributed by atoms with E-state index < -0.39 is 10.0 Å². The summed E-state index contributed by atoms with van der Waals surface area (Å²) in [6, 6.07) is 0.0501. The molecular formula is C14H26N4O2S. The van der Waals surface area contributed by atoms with Crippen LogP contribution in [0.3, 0.4) is 0 Å². The Morgan fingerprint density at radius 3 is 2.43 bits per heavy atom. The van der Waals surface area contributed by atoms with Crippen molar-refractivity contribution in [3.05, 3.63) is 11.4 Å². The number of rotatable bonds is 5. The van der Waals surface area contributed by atoms with E-state index in [-0.39, 0.29) is 6.04 Å². The minimum atomic E-state index is -3.51. The van der Waals surface area contributed by atoms with Gasteiger partial charge in [0.05, 0.1) is 17.9 Å². The van der Waals surface area contributed by atoms with Crippen LogP contribution in [0.1, 0.15) is 49.9 Å². The zero-order valence-electron chi connectivity index (χ0n) is 12.9. The Kier molecular flexibility index (Phi) is 5.40. The average molecular weight is 314 g/mol. The summed E-state index contributed by atoms with van der Waals surface area (Å²) < 4.78 is 29.9. The normalized spacial score (nSPS) is 17.9. The van der Waals surface area contributed by atoms with Gasteiger partial charge in [-0.15, -0.1) is 0 Å². The van der Waals surface area contributed by atoms with Crippen LogP contribution >= 0.6 is 0 Å². The summed E-state index contributed by atoms with van der Waals surface area (Å²) in [5, 5.41) is 4.30. The molecule has 0 saturated heterocycles. The standard InChI is InChI=1S/C14H26N4O2S/c1-11-14(12(2)18(16-11)10-9-15)21(19,20)17-13-7-5-3-4-6-8-13/h13,17H,3-10,15H2,1-2H3. The highest BCUT2D eigenvalue weighted by atomic mass is 32.2. The SMILES string of the molecule is Cc1nn(CCN)c(C)c1S(=O)(=O)NC1CCCCCC1. The first kappa shape index (κ1) is 16.5. The summed E-state index contributed by atoms with van der Waals surface area (Å²) in [4.78, 5) is 0.320. The second-order valence-corrected chi connectivity index (χ2v) is 7.47. The smallest absolute Gasteiger partial charge is 0.244 e. The third-order valence-electron chi connectivity index (χ3n) is 4.10. The molecule has 0 radical (unpaired) electrons. The summed E-state index contributed by atoms with van der Waals surface area (Å²) in [6.45, 7) is 4.50. The fourth-order valence-corrected chi connectivity index (χ4v) is 4.80. The van der Waals surface area contributed by atoms with Gasteiger partial charge in [0.2, 0.25) is 10.0 Å². The molecule has 0 aliphatic heterocycles. The zero-order chi connectivity index (χ0) is 15.5. The van der Waals surface area contributed by atoms with Crippen molar-refractivity contribution < 1.29 is 8.42 Å². The first-order valence-electron chi connectivity index (χ1n) is 7.72. The van der Waals surface area contributed by atoms with Crippen molar-refractivity contribution in [2.45, 2.75) is 69.9 Å². The van der Waals surface area contributed by atoms with Gasteiger partial charge in [0.15, 0.2) is 0 Å². The van der Waals surface area contributed by atoms with Crippen LogP contribution in [0.4, 0.5) is 0 Å².